The lowest BCUT2D eigenvalue weighted by Crippen LogP contribution is -2.47. The zero-order chi connectivity index (χ0) is 11.9. The van der Waals surface area contributed by atoms with Crippen LogP contribution in [0.2, 0.25) is 0 Å². The highest BCUT2D eigenvalue weighted by atomic mass is 19.3. The van der Waals surface area contributed by atoms with E-state index in [2.05, 4.69) is 0 Å². The first kappa shape index (κ1) is 12.3. The van der Waals surface area contributed by atoms with Gasteiger partial charge in [0.15, 0.2) is 0 Å². The van der Waals surface area contributed by atoms with E-state index in [1.807, 2.05) is 0 Å². The maximum Gasteiger partial charge on any atom is 0.383 e. The Morgan fingerprint density at radius 1 is 1.40 bits per heavy atom. The van der Waals surface area contributed by atoms with Crippen molar-refractivity contribution in [2.45, 2.75) is 32.6 Å². The van der Waals surface area contributed by atoms with E-state index >= 15 is 0 Å². The molecule has 0 N–H and O–H groups in total. The average Bonchev–Trinajstić information content (AvgIpc) is 2.44. The molecule has 1 saturated heterocycles. The second-order valence-electron chi connectivity index (χ2n) is 4.56. The van der Waals surface area contributed by atoms with Crippen molar-refractivity contribution in [1.29, 1.82) is 0 Å². The van der Waals surface area contributed by atoms with E-state index in [-0.39, 0.29) is 18.5 Å². The Bertz CT molecular complexity index is 265. The van der Waals surface area contributed by atoms with E-state index in [1.165, 1.54) is 0 Å². The van der Waals surface area contributed by atoms with E-state index in [0.717, 1.165) is 4.90 Å². The lowest BCUT2D eigenvalue weighted by atomic mass is 9.93. The van der Waals surface area contributed by atoms with Crippen LogP contribution in [0.3, 0.4) is 0 Å². The number of nitrogens with zero attached hydrogens (tertiary/aromatic N) is 1. The minimum Gasteiger partial charge on any atom is -0.337 e. The monoisotopic (exact) mass is 227 g/mol. The fourth-order valence-electron chi connectivity index (χ4n) is 1.59. The van der Waals surface area contributed by atoms with Gasteiger partial charge in [-0.05, 0) is 11.8 Å². The molecule has 2 nitrogen and oxygen atoms in total. The molecule has 0 spiro atoms. The highest BCUT2D eigenvalue weighted by molar-refractivity contribution is 5.84. The molecule has 0 aromatic heterocycles. The Hall–Kier alpha value is -0.810. The molecular weight excluding hydrogens is 214 g/mol. The van der Waals surface area contributed by atoms with Crippen LogP contribution in [0.1, 0.15) is 20.3 Å². The molecule has 0 aliphatic carbocycles. The SMILES string of the molecule is CC1(C)CCN(C(=O)C(F)(F)C(F)F)C1. The Kier molecular flexibility index (Phi) is 2.98. The summed E-state index contributed by atoms with van der Waals surface area (Å²) in [6, 6.07) is 0. The third kappa shape index (κ3) is 2.41. The van der Waals surface area contributed by atoms with E-state index in [1.54, 1.807) is 13.8 Å². The molecule has 1 fully saturated rings. The maximum absolute atomic E-state index is 12.7. The Balaban J connectivity index is 2.71. The van der Waals surface area contributed by atoms with Gasteiger partial charge in [-0.2, -0.15) is 8.78 Å². The quantitative estimate of drug-likeness (QED) is 0.662. The van der Waals surface area contributed by atoms with Gasteiger partial charge in [0.25, 0.3) is 5.91 Å². The molecule has 1 heterocycles. The summed E-state index contributed by atoms with van der Waals surface area (Å²) in [4.78, 5) is 11.9. The van der Waals surface area contributed by atoms with E-state index in [9.17, 15) is 22.4 Å². The number of hydrogen-bond donors (Lipinski definition) is 0. The Labute approximate surface area is 85.2 Å². The molecule has 0 aromatic carbocycles. The van der Waals surface area contributed by atoms with Crippen molar-refractivity contribution in [1.82, 2.24) is 4.90 Å². The molecule has 0 bridgehead atoms. The van der Waals surface area contributed by atoms with Crippen LogP contribution in [0.25, 0.3) is 0 Å². The number of hydrogen-bond acceptors (Lipinski definition) is 1. The molecule has 0 radical (unpaired) electrons. The molecule has 0 unspecified atom stereocenters. The fourth-order valence-corrected chi connectivity index (χ4v) is 1.59. The summed E-state index contributed by atoms with van der Waals surface area (Å²) in [6.45, 7) is 3.84. The molecule has 15 heavy (non-hydrogen) atoms. The van der Waals surface area contributed by atoms with E-state index < -0.39 is 18.3 Å². The summed E-state index contributed by atoms with van der Waals surface area (Å²) in [6.07, 6.45) is -3.38. The van der Waals surface area contributed by atoms with Crippen LogP contribution in [-0.4, -0.2) is 36.2 Å². The molecule has 1 aliphatic heterocycles. The number of alkyl halides is 4. The van der Waals surface area contributed by atoms with Gasteiger partial charge in [0, 0.05) is 13.1 Å². The molecule has 6 heteroatoms. The summed E-state index contributed by atoms with van der Waals surface area (Å²) in [7, 11) is 0. The summed E-state index contributed by atoms with van der Waals surface area (Å²) in [5, 5.41) is 0. The van der Waals surface area contributed by atoms with Gasteiger partial charge in [0.2, 0.25) is 0 Å². The van der Waals surface area contributed by atoms with E-state index in [4.69, 9.17) is 0 Å². The Morgan fingerprint density at radius 3 is 2.27 bits per heavy atom. The number of amides is 1. The molecule has 1 rings (SSSR count). The molecule has 0 atom stereocenters. The van der Waals surface area contributed by atoms with Crippen molar-refractivity contribution >= 4 is 5.91 Å². The van der Waals surface area contributed by atoms with Gasteiger partial charge in [0.1, 0.15) is 0 Å². The van der Waals surface area contributed by atoms with Crippen LogP contribution in [-0.2, 0) is 4.79 Å². The van der Waals surface area contributed by atoms with Crippen molar-refractivity contribution in [2.24, 2.45) is 5.41 Å². The predicted molar refractivity (Wildman–Crippen MR) is 45.9 cm³/mol. The lowest BCUT2D eigenvalue weighted by molar-refractivity contribution is -0.179. The van der Waals surface area contributed by atoms with Gasteiger partial charge >= 0.3 is 12.3 Å². The first-order chi connectivity index (χ1) is 6.67. The molecule has 0 aromatic rings. The second-order valence-corrected chi connectivity index (χ2v) is 4.56. The summed E-state index contributed by atoms with van der Waals surface area (Å²) in [5.41, 5.74) is -0.270. The first-order valence-corrected chi connectivity index (χ1v) is 4.62. The van der Waals surface area contributed by atoms with Crippen LogP contribution in [0.4, 0.5) is 17.6 Å². The van der Waals surface area contributed by atoms with E-state index in [0.29, 0.717) is 6.42 Å². The topological polar surface area (TPSA) is 20.3 Å². The molecule has 1 aliphatic rings. The normalized spacial score (nSPS) is 21.1. The van der Waals surface area contributed by atoms with Gasteiger partial charge in [-0.3, -0.25) is 4.79 Å². The third-order valence-corrected chi connectivity index (χ3v) is 2.52. The van der Waals surface area contributed by atoms with Crippen LogP contribution < -0.4 is 0 Å². The van der Waals surface area contributed by atoms with Crippen molar-refractivity contribution in [3.05, 3.63) is 0 Å². The largest absolute Gasteiger partial charge is 0.383 e. The number of carbonyl (C=O) groups is 1. The van der Waals surface area contributed by atoms with Gasteiger partial charge in [0.05, 0.1) is 0 Å². The van der Waals surface area contributed by atoms with Crippen molar-refractivity contribution in [2.75, 3.05) is 13.1 Å². The third-order valence-electron chi connectivity index (χ3n) is 2.52. The van der Waals surface area contributed by atoms with Crippen LogP contribution >= 0.6 is 0 Å². The highest BCUT2D eigenvalue weighted by Crippen LogP contribution is 2.33. The van der Waals surface area contributed by atoms with Crippen molar-refractivity contribution < 1.29 is 22.4 Å². The number of rotatable bonds is 2. The van der Waals surface area contributed by atoms with Crippen LogP contribution in [0.5, 0.6) is 0 Å². The molecule has 1 amide bonds. The zero-order valence-electron chi connectivity index (χ0n) is 8.57. The highest BCUT2D eigenvalue weighted by Gasteiger charge is 2.52. The minimum absolute atomic E-state index is 0.105. The first-order valence-electron chi connectivity index (χ1n) is 4.62. The summed E-state index contributed by atoms with van der Waals surface area (Å²) in [5.74, 6) is -6.32. The lowest BCUT2D eigenvalue weighted by Gasteiger charge is -2.23. The number of carbonyl (C=O) groups excluding carboxylic acids is 1. The van der Waals surface area contributed by atoms with Gasteiger partial charge in [-0.15, -0.1) is 0 Å². The van der Waals surface area contributed by atoms with Gasteiger partial charge in [-0.25, -0.2) is 8.78 Å². The number of likely N-dealkylation sites (tertiary alicyclic amines) is 1. The average molecular weight is 227 g/mol. The smallest absolute Gasteiger partial charge is 0.337 e. The Morgan fingerprint density at radius 2 is 1.93 bits per heavy atom. The van der Waals surface area contributed by atoms with Crippen LogP contribution in [0, 0.1) is 5.41 Å². The summed E-state index contributed by atoms with van der Waals surface area (Å²) < 4.78 is 49.2. The van der Waals surface area contributed by atoms with Crippen LogP contribution in [0.15, 0.2) is 0 Å². The molecule has 88 valence electrons. The maximum atomic E-state index is 12.7. The predicted octanol–water partition coefficient (Wildman–Crippen LogP) is 2.15. The minimum atomic E-state index is -4.56. The van der Waals surface area contributed by atoms with Crippen molar-refractivity contribution in [3.8, 4) is 0 Å². The fraction of sp³-hybridized carbons (Fsp3) is 0.889. The standard InChI is InChI=1S/C9H13F4NO/c1-8(2)3-4-14(5-8)7(15)9(12,13)6(10)11/h6H,3-5H2,1-2H3. The number of halogens is 4. The molecule has 0 saturated carbocycles. The van der Waals surface area contributed by atoms with Gasteiger partial charge in [-0.1, -0.05) is 13.8 Å². The summed E-state index contributed by atoms with van der Waals surface area (Å²) >= 11 is 0. The molecular formula is C9H13F4NO. The zero-order valence-corrected chi connectivity index (χ0v) is 8.57. The second kappa shape index (κ2) is 3.64. The van der Waals surface area contributed by atoms with Crippen molar-refractivity contribution in [3.63, 3.8) is 0 Å². The van der Waals surface area contributed by atoms with Gasteiger partial charge < -0.3 is 4.90 Å².